The number of hydrogen-bond acceptors (Lipinski definition) is 6. The van der Waals surface area contributed by atoms with Gasteiger partial charge in [-0.1, -0.05) is 0 Å². The number of ether oxygens (including phenoxy) is 4. The highest BCUT2D eigenvalue weighted by Crippen LogP contribution is 2.35. The molecule has 3 atom stereocenters. The summed E-state index contributed by atoms with van der Waals surface area (Å²) >= 11 is 0. The van der Waals surface area contributed by atoms with Gasteiger partial charge in [0.2, 0.25) is 0 Å². The summed E-state index contributed by atoms with van der Waals surface area (Å²) in [6, 6.07) is 8.14. The predicted molar refractivity (Wildman–Crippen MR) is 117 cm³/mol. The van der Waals surface area contributed by atoms with Gasteiger partial charge in [0, 0.05) is 30.2 Å². The molecule has 164 valence electrons. The van der Waals surface area contributed by atoms with E-state index < -0.39 is 0 Å². The molecule has 0 spiro atoms. The SMILES string of the molecule is C[C@@H]1COCC[C@H](C)Oc2cncc(c2)-c2nn(C3CCCCO3)c3ccc(cc23)O1. The van der Waals surface area contributed by atoms with Gasteiger partial charge in [0.05, 0.1) is 31.0 Å². The van der Waals surface area contributed by atoms with Gasteiger partial charge in [0.1, 0.15) is 23.3 Å². The quantitative estimate of drug-likeness (QED) is 0.563. The van der Waals surface area contributed by atoms with Crippen LogP contribution in [0.15, 0.2) is 36.7 Å². The predicted octanol–water partition coefficient (Wildman–Crippen LogP) is 4.75. The Bertz CT molecular complexity index is 1040. The van der Waals surface area contributed by atoms with Gasteiger partial charge in [-0.05, 0) is 57.4 Å². The molecule has 2 aliphatic heterocycles. The highest BCUT2D eigenvalue weighted by atomic mass is 16.5. The van der Waals surface area contributed by atoms with Crippen LogP contribution in [-0.4, -0.2) is 46.8 Å². The van der Waals surface area contributed by atoms with Gasteiger partial charge < -0.3 is 18.9 Å². The third kappa shape index (κ3) is 4.38. The molecule has 4 bridgehead atoms. The molecule has 2 aliphatic rings. The standard InChI is InChI=1S/C24H29N3O4/c1-16-8-10-28-15-17(2)31-19-6-7-22-21(12-19)24(18-11-20(30-16)14-25-13-18)26-27(22)23-5-3-4-9-29-23/h6-7,11-14,16-17,23H,3-5,8-10,15H2,1-2H3/t16-,17+,23?/m0/s1. The van der Waals surface area contributed by atoms with E-state index in [9.17, 15) is 0 Å². The Morgan fingerprint density at radius 3 is 2.71 bits per heavy atom. The van der Waals surface area contributed by atoms with Crippen LogP contribution in [0, 0.1) is 0 Å². The molecule has 0 saturated carbocycles. The molecule has 1 unspecified atom stereocenters. The van der Waals surface area contributed by atoms with Gasteiger partial charge in [-0.3, -0.25) is 4.98 Å². The molecule has 0 N–H and O–H groups in total. The molecule has 0 aliphatic carbocycles. The summed E-state index contributed by atoms with van der Waals surface area (Å²) in [5.41, 5.74) is 2.81. The molecule has 31 heavy (non-hydrogen) atoms. The number of nitrogens with zero attached hydrogens (tertiary/aromatic N) is 3. The molecule has 1 saturated heterocycles. The van der Waals surface area contributed by atoms with E-state index in [0.29, 0.717) is 13.2 Å². The maximum Gasteiger partial charge on any atom is 0.150 e. The van der Waals surface area contributed by atoms with Gasteiger partial charge >= 0.3 is 0 Å². The van der Waals surface area contributed by atoms with Crippen molar-refractivity contribution >= 4 is 10.9 Å². The average Bonchev–Trinajstić information content (AvgIpc) is 3.16. The van der Waals surface area contributed by atoms with Crippen molar-refractivity contribution in [1.29, 1.82) is 0 Å². The number of rotatable bonds is 1. The summed E-state index contributed by atoms with van der Waals surface area (Å²) in [5.74, 6) is 1.54. The minimum atomic E-state index is -0.0540. The number of benzene rings is 1. The first-order valence-electron chi connectivity index (χ1n) is 11.2. The van der Waals surface area contributed by atoms with Crippen molar-refractivity contribution in [2.75, 3.05) is 19.8 Å². The van der Waals surface area contributed by atoms with Crippen molar-refractivity contribution in [3.8, 4) is 22.8 Å². The first-order chi connectivity index (χ1) is 15.2. The maximum absolute atomic E-state index is 6.15. The first kappa shape index (κ1) is 20.3. The van der Waals surface area contributed by atoms with Crippen molar-refractivity contribution < 1.29 is 18.9 Å². The normalized spacial score (nSPS) is 24.8. The minimum Gasteiger partial charge on any atom is -0.489 e. The highest BCUT2D eigenvalue weighted by Gasteiger charge is 2.23. The van der Waals surface area contributed by atoms with E-state index in [1.54, 1.807) is 6.20 Å². The van der Waals surface area contributed by atoms with Crippen LogP contribution < -0.4 is 9.47 Å². The zero-order chi connectivity index (χ0) is 21.2. The Morgan fingerprint density at radius 1 is 0.935 bits per heavy atom. The summed E-state index contributed by atoms with van der Waals surface area (Å²) in [7, 11) is 0. The lowest BCUT2D eigenvalue weighted by atomic mass is 10.1. The van der Waals surface area contributed by atoms with Crippen LogP contribution in [0.25, 0.3) is 22.2 Å². The van der Waals surface area contributed by atoms with Crippen molar-refractivity contribution in [1.82, 2.24) is 14.8 Å². The second-order valence-electron chi connectivity index (χ2n) is 8.42. The lowest BCUT2D eigenvalue weighted by Gasteiger charge is -2.23. The van der Waals surface area contributed by atoms with Gasteiger partial charge in [0.15, 0.2) is 6.23 Å². The molecular weight excluding hydrogens is 394 g/mol. The summed E-state index contributed by atoms with van der Waals surface area (Å²) in [5, 5.41) is 6.01. The number of hydrogen-bond donors (Lipinski definition) is 0. The smallest absolute Gasteiger partial charge is 0.150 e. The van der Waals surface area contributed by atoms with Crippen molar-refractivity contribution in [2.24, 2.45) is 0 Å². The molecule has 1 aromatic carbocycles. The van der Waals surface area contributed by atoms with E-state index in [-0.39, 0.29) is 18.4 Å². The second-order valence-corrected chi connectivity index (χ2v) is 8.42. The van der Waals surface area contributed by atoms with E-state index in [0.717, 1.165) is 65.9 Å². The largest absolute Gasteiger partial charge is 0.489 e. The molecule has 7 heteroatoms. The lowest BCUT2D eigenvalue weighted by molar-refractivity contribution is -0.0365. The van der Waals surface area contributed by atoms with Crippen LogP contribution in [0.1, 0.15) is 45.8 Å². The fraction of sp³-hybridized carbons (Fsp3) is 0.500. The molecule has 0 radical (unpaired) electrons. The third-order valence-electron chi connectivity index (χ3n) is 5.79. The molecule has 2 aromatic heterocycles. The van der Waals surface area contributed by atoms with Crippen molar-refractivity contribution in [3.63, 3.8) is 0 Å². The van der Waals surface area contributed by atoms with Crippen molar-refractivity contribution in [3.05, 3.63) is 36.7 Å². The van der Waals surface area contributed by atoms with E-state index in [2.05, 4.69) is 17.1 Å². The third-order valence-corrected chi connectivity index (χ3v) is 5.79. The molecule has 4 heterocycles. The molecule has 1 fully saturated rings. The average molecular weight is 424 g/mol. The fourth-order valence-electron chi connectivity index (χ4n) is 4.21. The zero-order valence-corrected chi connectivity index (χ0v) is 18.1. The Hall–Kier alpha value is -2.64. The number of fused-ring (bicyclic) bond motifs is 4. The van der Waals surface area contributed by atoms with E-state index in [1.165, 1.54) is 0 Å². The van der Waals surface area contributed by atoms with Crippen LogP contribution in [-0.2, 0) is 9.47 Å². The molecule has 7 nitrogen and oxygen atoms in total. The zero-order valence-electron chi connectivity index (χ0n) is 18.1. The summed E-state index contributed by atoms with van der Waals surface area (Å²) in [6.45, 7) is 5.99. The number of aromatic nitrogens is 3. The van der Waals surface area contributed by atoms with Crippen LogP contribution in [0.3, 0.4) is 0 Å². The minimum absolute atomic E-state index is 0.0210. The Morgan fingerprint density at radius 2 is 1.84 bits per heavy atom. The Balaban J connectivity index is 1.63. The monoisotopic (exact) mass is 423 g/mol. The van der Waals surface area contributed by atoms with Crippen LogP contribution in [0.5, 0.6) is 11.5 Å². The summed E-state index contributed by atoms with van der Waals surface area (Å²) < 4.78 is 26.1. The first-order valence-corrected chi connectivity index (χ1v) is 11.2. The van der Waals surface area contributed by atoms with E-state index in [1.807, 2.05) is 36.9 Å². The van der Waals surface area contributed by atoms with Gasteiger partial charge in [-0.25, -0.2) is 4.68 Å². The van der Waals surface area contributed by atoms with Gasteiger partial charge in [-0.15, -0.1) is 0 Å². The summed E-state index contributed by atoms with van der Waals surface area (Å²) in [6.07, 6.45) is 7.49. The van der Waals surface area contributed by atoms with E-state index in [4.69, 9.17) is 24.0 Å². The van der Waals surface area contributed by atoms with Crippen LogP contribution in [0.2, 0.25) is 0 Å². The van der Waals surface area contributed by atoms with Crippen molar-refractivity contribution in [2.45, 2.75) is 58.0 Å². The molecule has 5 rings (SSSR count). The second kappa shape index (κ2) is 8.85. The van der Waals surface area contributed by atoms with Crippen LogP contribution in [0.4, 0.5) is 0 Å². The highest BCUT2D eigenvalue weighted by molar-refractivity contribution is 5.94. The molecule has 0 amide bonds. The van der Waals surface area contributed by atoms with Gasteiger partial charge in [0.25, 0.3) is 0 Å². The van der Waals surface area contributed by atoms with E-state index >= 15 is 0 Å². The number of pyridine rings is 1. The fourth-order valence-corrected chi connectivity index (χ4v) is 4.21. The van der Waals surface area contributed by atoms with Gasteiger partial charge in [-0.2, -0.15) is 5.10 Å². The topological polar surface area (TPSA) is 67.6 Å². The maximum atomic E-state index is 6.15. The molecule has 3 aromatic rings. The molecular formula is C24H29N3O4. The Kier molecular flexibility index (Phi) is 5.78. The lowest BCUT2D eigenvalue weighted by Crippen LogP contribution is -2.21. The Labute approximate surface area is 182 Å². The van der Waals surface area contributed by atoms with Crippen LogP contribution >= 0.6 is 0 Å². The summed E-state index contributed by atoms with van der Waals surface area (Å²) in [4.78, 5) is 4.42.